The monoisotopic (exact) mass is 280 g/mol. The van der Waals surface area contributed by atoms with E-state index in [4.69, 9.17) is 5.73 Å². The average Bonchev–Trinajstić information content (AvgIpc) is 2.43. The van der Waals surface area contributed by atoms with E-state index in [0.29, 0.717) is 12.3 Å². The number of carbonyl (C=O) groups is 1. The van der Waals surface area contributed by atoms with Crippen LogP contribution in [0.4, 0.5) is 0 Å². The zero-order chi connectivity index (χ0) is 14.1. The summed E-state index contributed by atoms with van der Waals surface area (Å²) in [7, 11) is 0. The normalized spacial score (nSPS) is 14.0. The average molecular weight is 280 g/mol. The first-order valence-electron chi connectivity index (χ1n) is 6.85. The number of likely N-dealkylation sites (N-methyl/N-ethyl adjacent to an activating group) is 1. The molecular weight excluding hydrogens is 256 g/mol. The number of rotatable bonds is 9. The van der Waals surface area contributed by atoms with E-state index in [2.05, 4.69) is 12.2 Å². The van der Waals surface area contributed by atoms with Crippen LogP contribution in [0.25, 0.3) is 0 Å². The molecule has 0 saturated carbocycles. The Morgan fingerprint density at radius 3 is 2.53 bits per heavy atom. The molecule has 1 unspecified atom stereocenters. The van der Waals surface area contributed by atoms with Crippen molar-refractivity contribution in [2.45, 2.75) is 32.2 Å². The molecular formula is C15H24N2OS. The molecule has 1 atom stereocenters. The van der Waals surface area contributed by atoms with Gasteiger partial charge in [0.25, 0.3) is 0 Å². The molecule has 0 aliphatic heterocycles. The first kappa shape index (κ1) is 16.1. The SMILES string of the molecule is CCCCSCC(NCC)(C(N)=O)c1ccccc1. The van der Waals surface area contributed by atoms with Crippen LogP contribution < -0.4 is 11.1 Å². The molecule has 0 spiro atoms. The number of hydrogen-bond donors (Lipinski definition) is 2. The van der Waals surface area contributed by atoms with Crippen molar-refractivity contribution >= 4 is 17.7 Å². The molecule has 0 fully saturated rings. The Hall–Kier alpha value is -1.00. The number of primary amides is 1. The summed E-state index contributed by atoms with van der Waals surface area (Å²) in [6, 6.07) is 9.77. The van der Waals surface area contributed by atoms with Crippen LogP contribution in [0.2, 0.25) is 0 Å². The quantitative estimate of drug-likeness (QED) is 0.683. The summed E-state index contributed by atoms with van der Waals surface area (Å²) in [5.74, 6) is 1.44. The molecule has 1 aromatic carbocycles. The second-order valence-corrected chi connectivity index (χ2v) is 5.68. The summed E-state index contributed by atoms with van der Waals surface area (Å²) in [5.41, 5.74) is 5.89. The van der Waals surface area contributed by atoms with Gasteiger partial charge in [0.15, 0.2) is 0 Å². The maximum absolute atomic E-state index is 12.0. The number of nitrogens with two attached hydrogens (primary N) is 1. The van der Waals surface area contributed by atoms with E-state index in [-0.39, 0.29) is 5.91 Å². The Morgan fingerprint density at radius 2 is 2.00 bits per heavy atom. The van der Waals surface area contributed by atoms with E-state index in [1.54, 1.807) is 11.8 Å². The van der Waals surface area contributed by atoms with Crippen LogP contribution in [-0.4, -0.2) is 24.0 Å². The maximum atomic E-state index is 12.0. The van der Waals surface area contributed by atoms with Gasteiger partial charge in [-0.1, -0.05) is 50.6 Å². The largest absolute Gasteiger partial charge is 0.368 e. The van der Waals surface area contributed by atoms with Crippen LogP contribution in [0.3, 0.4) is 0 Å². The Labute approximate surface area is 120 Å². The molecule has 0 aliphatic rings. The van der Waals surface area contributed by atoms with Crippen LogP contribution >= 0.6 is 11.8 Å². The highest BCUT2D eigenvalue weighted by Gasteiger charge is 2.37. The summed E-state index contributed by atoms with van der Waals surface area (Å²) < 4.78 is 0. The second kappa shape index (κ2) is 8.23. The van der Waals surface area contributed by atoms with Crippen LogP contribution in [0.1, 0.15) is 32.3 Å². The Balaban J connectivity index is 2.91. The molecule has 19 heavy (non-hydrogen) atoms. The van der Waals surface area contributed by atoms with Crippen molar-refractivity contribution in [3.63, 3.8) is 0 Å². The highest BCUT2D eigenvalue weighted by molar-refractivity contribution is 7.99. The van der Waals surface area contributed by atoms with Gasteiger partial charge in [0.1, 0.15) is 5.54 Å². The molecule has 0 aromatic heterocycles. The minimum Gasteiger partial charge on any atom is -0.368 e. The minimum atomic E-state index is -0.756. The third-order valence-corrected chi connectivity index (χ3v) is 4.34. The predicted molar refractivity (Wildman–Crippen MR) is 83.2 cm³/mol. The van der Waals surface area contributed by atoms with Gasteiger partial charge in [-0.25, -0.2) is 0 Å². The van der Waals surface area contributed by atoms with Crippen molar-refractivity contribution in [1.82, 2.24) is 5.32 Å². The van der Waals surface area contributed by atoms with E-state index in [1.807, 2.05) is 37.3 Å². The van der Waals surface area contributed by atoms with E-state index in [1.165, 1.54) is 12.8 Å². The van der Waals surface area contributed by atoms with Gasteiger partial charge >= 0.3 is 0 Å². The maximum Gasteiger partial charge on any atom is 0.243 e. The number of nitrogens with one attached hydrogen (secondary N) is 1. The Kier molecular flexibility index (Phi) is 6.95. The predicted octanol–water partition coefficient (Wildman–Crippen LogP) is 2.51. The molecule has 1 aromatic rings. The standard InChI is InChI=1S/C15H24N2OS/c1-3-5-11-19-12-15(14(16)18,17-4-2)13-9-7-6-8-10-13/h6-10,17H,3-5,11-12H2,1-2H3,(H2,16,18). The molecule has 0 saturated heterocycles. The lowest BCUT2D eigenvalue weighted by atomic mass is 9.91. The van der Waals surface area contributed by atoms with Crippen LogP contribution in [0, 0.1) is 0 Å². The fraction of sp³-hybridized carbons (Fsp3) is 0.533. The van der Waals surface area contributed by atoms with Gasteiger partial charge in [0, 0.05) is 5.75 Å². The number of amides is 1. The van der Waals surface area contributed by atoms with Gasteiger partial charge in [-0.2, -0.15) is 11.8 Å². The third-order valence-electron chi connectivity index (χ3n) is 3.13. The van der Waals surface area contributed by atoms with Gasteiger partial charge < -0.3 is 5.73 Å². The lowest BCUT2D eigenvalue weighted by Crippen LogP contribution is -2.54. The van der Waals surface area contributed by atoms with Crippen molar-refractivity contribution in [3.05, 3.63) is 35.9 Å². The molecule has 4 heteroatoms. The topological polar surface area (TPSA) is 55.1 Å². The van der Waals surface area contributed by atoms with E-state index in [0.717, 1.165) is 11.3 Å². The van der Waals surface area contributed by atoms with Crippen molar-refractivity contribution < 1.29 is 4.79 Å². The van der Waals surface area contributed by atoms with Crippen molar-refractivity contribution in [2.75, 3.05) is 18.1 Å². The Bertz CT molecular complexity index is 383. The van der Waals surface area contributed by atoms with Gasteiger partial charge in [-0.3, -0.25) is 10.1 Å². The molecule has 0 radical (unpaired) electrons. The summed E-state index contributed by atoms with van der Waals surface area (Å²) in [5, 5.41) is 3.29. The van der Waals surface area contributed by atoms with Crippen molar-refractivity contribution in [3.8, 4) is 0 Å². The fourth-order valence-electron chi connectivity index (χ4n) is 2.03. The molecule has 0 aliphatic carbocycles. The number of hydrogen-bond acceptors (Lipinski definition) is 3. The highest BCUT2D eigenvalue weighted by Crippen LogP contribution is 2.26. The van der Waals surface area contributed by atoms with Crippen LogP contribution in [-0.2, 0) is 10.3 Å². The summed E-state index contributed by atoms with van der Waals surface area (Å²) in [6.45, 7) is 4.88. The molecule has 0 bridgehead atoms. The smallest absolute Gasteiger partial charge is 0.243 e. The number of thioether (sulfide) groups is 1. The zero-order valence-corrected chi connectivity index (χ0v) is 12.6. The van der Waals surface area contributed by atoms with E-state index >= 15 is 0 Å². The highest BCUT2D eigenvalue weighted by atomic mass is 32.2. The van der Waals surface area contributed by atoms with Gasteiger partial charge in [-0.15, -0.1) is 0 Å². The number of unbranched alkanes of at least 4 members (excludes halogenated alkanes) is 1. The van der Waals surface area contributed by atoms with Crippen molar-refractivity contribution in [1.29, 1.82) is 0 Å². The molecule has 1 amide bonds. The van der Waals surface area contributed by atoms with Gasteiger partial charge in [0.2, 0.25) is 5.91 Å². The zero-order valence-electron chi connectivity index (χ0n) is 11.8. The van der Waals surface area contributed by atoms with Gasteiger partial charge in [-0.05, 0) is 24.3 Å². The first-order chi connectivity index (χ1) is 9.17. The summed E-state index contributed by atoms with van der Waals surface area (Å²) in [6.07, 6.45) is 2.34. The molecule has 3 nitrogen and oxygen atoms in total. The van der Waals surface area contributed by atoms with E-state index < -0.39 is 5.54 Å². The fourth-order valence-corrected chi connectivity index (χ4v) is 3.39. The molecule has 106 valence electrons. The van der Waals surface area contributed by atoms with Crippen LogP contribution in [0.15, 0.2) is 30.3 Å². The lowest BCUT2D eigenvalue weighted by Gasteiger charge is -2.31. The first-order valence-corrected chi connectivity index (χ1v) is 8.01. The van der Waals surface area contributed by atoms with Crippen LogP contribution in [0.5, 0.6) is 0 Å². The number of carbonyl (C=O) groups excluding carboxylic acids is 1. The van der Waals surface area contributed by atoms with Crippen molar-refractivity contribution in [2.24, 2.45) is 5.73 Å². The van der Waals surface area contributed by atoms with E-state index in [9.17, 15) is 4.79 Å². The Morgan fingerprint density at radius 1 is 1.32 bits per heavy atom. The molecule has 0 heterocycles. The third kappa shape index (κ3) is 4.25. The van der Waals surface area contributed by atoms with Gasteiger partial charge in [0.05, 0.1) is 0 Å². The summed E-state index contributed by atoms with van der Waals surface area (Å²) >= 11 is 1.78. The molecule has 1 rings (SSSR count). The number of benzene rings is 1. The molecule has 3 N–H and O–H groups in total. The summed E-state index contributed by atoms with van der Waals surface area (Å²) in [4.78, 5) is 12.0. The lowest BCUT2D eigenvalue weighted by molar-refractivity contribution is -0.123. The second-order valence-electron chi connectivity index (χ2n) is 4.57. The minimum absolute atomic E-state index is 0.301.